The van der Waals surface area contributed by atoms with Crippen LogP contribution in [0.15, 0.2) is 16.6 Å². The van der Waals surface area contributed by atoms with E-state index in [0.717, 1.165) is 10.0 Å². The number of hydrogen-bond donors (Lipinski definition) is 2. The first kappa shape index (κ1) is 16.1. The van der Waals surface area contributed by atoms with Crippen molar-refractivity contribution in [2.75, 3.05) is 13.2 Å². The molecule has 2 N–H and O–H groups in total. The number of carboxylic acids is 1. The van der Waals surface area contributed by atoms with Gasteiger partial charge < -0.3 is 19.9 Å². The highest BCUT2D eigenvalue weighted by molar-refractivity contribution is 9.10. The van der Waals surface area contributed by atoms with Crippen molar-refractivity contribution in [3.05, 3.63) is 22.2 Å². The van der Waals surface area contributed by atoms with Gasteiger partial charge in [-0.05, 0) is 52.9 Å². The third-order valence-electron chi connectivity index (χ3n) is 4.28. The minimum absolute atomic E-state index is 0.0836. The molecule has 124 valence electrons. The molecule has 7 heteroatoms. The summed E-state index contributed by atoms with van der Waals surface area (Å²) in [7, 11) is 0. The summed E-state index contributed by atoms with van der Waals surface area (Å²) in [6.07, 6.45) is 1.63. The molecule has 0 saturated heterocycles. The minimum Gasteiger partial charge on any atom is -0.486 e. The van der Waals surface area contributed by atoms with Crippen molar-refractivity contribution in [1.82, 2.24) is 5.32 Å². The fourth-order valence-corrected chi connectivity index (χ4v) is 3.65. The van der Waals surface area contributed by atoms with E-state index in [1.54, 1.807) is 0 Å². The summed E-state index contributed by atoms with van der Waals surface area (Å²) < 4.78 is 11.9. The molecule has 0 unspecified atom stereocenters. The molecule has 0 spiro atoms. The summed E-state index contributed by atoms with van der Waals surface area (Å²) in [5.74, 6) is -0.144. The number of hydrogen-bond acceptors (Lipinski definition) is 4. The molecule has 1 saturated carbocycles. The Balaban J connectivity index is 1.59. The first-order valence-electron chi connectivity index (χ1n) is 7.63. The van der Waals surface area contributed by atoms with Gasteiger partial charge in [0, 0.05) is 12.5 Å². The highest BCUT2D eigenvalue weighted by atomic mass is 79.9. The Morgan fingerprint density at radius 3 is 2.70 bits per heavy atom. The van der Waals surface area contributed by atoms with E-state index in [1.165, 1.54) is 0 Å². The van der Waals surface area contributed by atoms with Crippen molar-refractivity contribution in [2.24, 2.45) is 11.8 Å². The zero-order valence-electron chi connectivity index (χ0n) is 12.5. The zero-order valence-corrected chi connectivity index (χ0v) is 14.1. The lowest BCUT2D eigenvalue weighted by molar-refractivity contribution is -0.141. The Morgan fingerprint density at radius 1 is 1.22 bits per heavy atom. The third kappa shape index (κ3) is 3.60. The van der Waals surface area contributed by atoms with Crippen LogP contribution in [-0.2, 0) is 16.1 Å². The Morgan fingerprint density at radius 2 is 1.96 bits per heavy atom. The molecule has 1 heterocycles. The van der Waals surface area contributed by atoms with E-state index in [0.29, 0.717) is 50.5 Å². The molecule has 0 bridgehead atoms. The summed E-state index contributed by atoms with van der Waals surface area (Å²) in [5.41, 5.74) is 0.905. The van der Waals surface area contributed by atoms with Crippen LogP contribution in [0.5, 0.6) is 11.5 Å². The van der Waals surface area contributed by atoms with Gasteiger partial charge in [-0.3, -0.25) is 9.59 Å². The molecular formula is C16H18BrNO5. The second kappa shape index (κ2) is 6.78. The van der Waals surface area contributed by atoms with Crippen molar-refractivity contribution in [3.63, 3.8) is 0 Å². The number of halogens is 1. The SMILES string of the molecule is O=C(O)[C@@H]1CC[C@H](C(=O)NCc2cc(Br)c3c(c2)OCCO3)C1. The fraction of sp³-hybridized carbons (Fsp3) is 0.500. The second-order valence-electron chi connectivity index (χ2n) is 5.86. The molecule has 23 heavy (non-hydrogen) atoms. The lowest BCUT2D eigenvalue weighted by Crippen LogP contribution is -2.29. The smallest absolute Gasteiger partial charge is 0.306 e. The lowest BCUT2D eigenvalue weighted by atomic mass is 10.0. The Hall–Kier alpha value is -1.76. The van der Waals surface area contributed by atoms with Gasteiger partial charge in [0.15, 0.2) is 11.5 Å². The third-order valence-corrected chi connectivity index (χ3v) is 4.87. The summed E-state index contributed by atoms with van der Waals surface area (Å²) >= 11 is 3.45. The van der Waals surface area contributed by atoms with Gasteiger partial charge in [0.1, 0.15) is 13.2 Å². The monoisotopic (exact) mass is 383 g/mol. The van der Waals surface area contributed by atoms with Gasteiger partial charge in [-0.25, -0.2) is 0 Å². The maximum absolute atomic E-state index is 12.2. The number of rotatable bonds is 4. The molecule has 1 fully saturated rings. The van der Waals surface area contributed by atoms with Crippen molar-refractivity contribution < 1.29 is 24.2 Å². The summed E-state index contributed by atoms with van der Waals surface area (Å²) in [5, 5.41) is 11.9. The number of amides is 1. The topological polar surface area (TPSA) is 84.9 Å². The molecule has 1 amide bonds. The summed E-state index contributed by atoms with van der Waals surface area (Å²) in [6.45, 7) is 1.41. The standard InChI is InChI=1S/C16H18BrNO5/c17-12-5-9(6-13-14(12)23-4-3-22-13)8-18-15(19)10-1-2-11(7-10)16(20)21/h5-6,10-11H,1-4,7-8H2,(H,18,19)(H,20,21)/t10-,11+/m0/s1. The highest BCUT2D eigenvalue weighted by Gasteiger charge is 2.33. The van der Waals surface area contributed by atoms with Gasteiger partial charge in [-0.15, -0.1) is 0 Å². The molecule has 0 aromatic heterocycles. The Labute approximate surface area is 142 Å². The van der Waals surface area contributed by atoms with E-state index >= 15 is 0 Å². The average Bonchev–Trinajstić information content (AvgIpc) is 3.03. The molecule has 2 aliphatic rings. The van der Waals surface area contributed by atoms with Gasteiger partial charge in [0.25, 0.3) is 0 Å². The fourth-order valence-electron chi connectivity index (χ4n) is 3.04. The number of nitrogens with one attached hydrogen (secondary N) is 1. The van der Waals surface area contributed by atoms with E-state index in [4.69, 9.17) is 14.6 Å². The predicted octanol–water partition coefficient (Wildman–Crippen LogP) is 2.34. The van der Waals surface area contributed by atoms with Crippen LogP contribution in [0.3, 0.4) is 0 Å². The van der Waals surface area contributed by atoms with Gasteiger partial charge in [0.2, 0.25) is 5.91 Å². The highest BCUT2D eigenvalue weighted by Crippen LogP contribution is 2.38. The minimum atomic E-state index is -0.809. The molecule has 3 rings (SSSR count). The number of benzene rings is 1. The summed E-state index contributed by atoms with van der Waals surface area (Å²) in [4.78, 5) is 23.1. The maximum atomic E-state index is 12.2. The molecule has 2 atom stereocenters. The van der Waals surface area contributed by atoms with Crippen LogP contribution >= 0.6 is 15.9 Å². The van der Waals surface area contributed by atoms with E-state index < -0.39 is 11.9 Å². The quantitative estimate of drug-likeness (QED) is 0.833. The molecule has 1 aliphatic heterocycles. The molecule has 1 aromatic rings. The van der Waals surface area contributed by atoms with Crippen molar-refractivity contribution in [1.29, 1.82) is 0 Å². The van der Waals surface area contributed by atoms with Crippen molar-refractivity contribution in [2.45, 2.75) is 25.8 Å². The number of fused-ring (bicyclic) bond motifs is 1. The number of carboxylic acid groups (broad SMARTS) is 1. The van der Waals surface area contributed by atoms with Crippen LogP contribution in [0.1, 0.15) is 24.8 Å². The first-order valence-corrected chi connectivity index (χ1v) is 8.42. The number of aliphatic carboxylic acids is 1. The van der Waals surface area contributed by atoms with Gasteiger partial charge >= 0.3 is 5.97 Å². The van der Waals surface area contributed by atoms with Gasteiger partial charge in [-0.1, -0.05) is 0 Å². The van der Waals surface area contributed by atoms with Crippen molar-refractivity contribution >= 4 is 27.8 Å². The molecular weight excluding hydrogens is 366 g/mol. The normalized spacial score (nSPS) is 22.7. The van der Waals surface area contributed by atoms with E-state index in [1.807, 2.05) is 12.1 Å². The van der Waals surface area contributed by atoms with Gasteiger partial charge in [-0.2, -0.15) is 0 Å². The Bertz CT molecular complexity index is 633. The van der Waals surface area contributed by atoms with Crippen molar-refractivity contribution in [3.8, 4) is 11.5 Å². The van der Waals surface area contributed by atoms with E-state index in [-0.39, 0.29) is 11.8 Å². The molecule has 1 aliphatic carbocycles. The van der Waals surface area contributed by atoms with Crippen LogP contribution in [0.25, 0.3) is 0 Å². The van der Waals surface area contributed by atoms with Gasteiger partial charge in [0.05, 0.1) is 10.4 Å². The zero-order chi connectivity index (χ0) is 16.4. The average molecular weight is 384 g/mol. The second-order valence-corrected chi connectivity index (χ2v) is 6.72. The molecule has 6 nitrogen and oxygen atoms in total. The van der Waals surface area contributed by atoms with Crippen LogP contribution in [0, 0.1) is 11.8 Å². The largest absolute Gasteiger partial charge is 0.486 e. The number of ether oxygens (including phenoxy) is 2. The molecule has 0 radical (unpaired) electrons. The first-order chi connectivity index (χ1) is 11.0. The maximum Gasteiger partial charge on any atom is 0.306 e. The Kier molecular flexibility index (Phi) is 4.75. The summed E-state index contributed by atoms with van der Waals surface area (Å²) in [6, 6.07) is 3.75. The number of carbonyl (C=O) groups excluding carboxylic acids is 1. The lowest BCUT2D eigenvalue weighted by Gasteiger charge is -2.20. The van der Waals surface area contributed by atoms with Crippen LogP contribution < -0.4 is 14.8 Å². The van der Waals surface area contributed by atoms with E-state index in [2.05, 4.69) is 21.2 Å². The van der Waals surface area contributed by atoms with Crippen LogP contribution in [-0.4, -0.2) is 30.2 Å². The predicted molar refractivity (Wildman–Crippen MR) is 85.4 cm³/mol. The molecule has 1 aromatic carbocycles. The van der Waals surface area contributed by atoms with Crippen LogP contribution in [0.4, 0.5) is 0 Å². The van der Waals surface area contributed by atoms with E-state index in [9.17, 15) is 9.59 Å². The van der Waals surface area contributed by atoms with Crippen LogP contribution in [0.2, 0.25) is 0 Å². The number of carbonyl (C=O) groups is 2.